The van der Waals surface area contributed by atoms with Crippen molar-refractivity contribution in [2.75, 3.05) is 0 Å². The summed E-state index contributed by atoms with van der Waals surface area (Å²) in [6.45, 7) is 10.6. The van der Waals surface area contributed by atoms with Crippen molar-refractivity contribution < 1.29 is 20.7 Å². The summed E-state index contributed by atoms with van der Waals surface area (Å²) in [5.74, 6) is 0.366. The predicted molar refractivity (Wildman–Crippen MR) is 97.3 cm³/mol. The number of ether oxygens (including phenoxy) is 2. The fraction of sp³-hybridized carbons (Fsp3) is 0.955. The molecule has 5 rings (SSSR count). The number of fused-ring (bicyclic) bond motifs is 5. The molecule has 5 fully saturated rings. The summed E-state index contributed by atoms with van der Waals surface area (Å²) in [7, 11) is 0. The molecule has 4 aliphatic carbocycles. The molecule has 4 nitrogen and oxygen atoms in total. The van der Waals surface area contributed by atoms with Crippen molar-refractivity contribution in [2.45, 2.75) is 97.5 Å². The van der Waals surface area contributed by atoms with Gasteiger partial charge >= 0.3 is 5.97 Å². The molecule has 0 unspecified atom stereocenters. The first-order chi connectivity index (χ1) is 12.4. The zero-order valence-electron chi connectivity index (χ0n) is 17.8. The van der Waals surface area contributed by atoms with Crippen molar-refractivity contribution in [3.05, 3.63) is 0 Å². The normalized spacial score (nSPS) is 62.4. The van der Waals surface area contributed by atoms with Gasteiger partial charge < -0.3 is 14.6 Å². The van der Waals surface area contributed by atoms with E-state index in [4.69, 9.17) is 10.8 Å². The number of hydrogen-bond donors (Lipinski definition) is 1. The van der Waals surface area contributed by atoms with Crippen LogP contribution in [0.1, 0.15) is 74.5 Å². The topological polar surface area (TPSA) is 59.1 Å². The fourth-order valence-corrected chi connectivity index (χ4v) is 8.40. The van der Waals surface area contributed by atoms with Gasteiger partial charge in [-0.1, -0.05) is 27.7 Å². The minimum absolute atomic E-state index is 0.0222. The molecule has 1 N–H and O–H groups in total. The van der Waals surface area contributed by atoms with E-state index in [2.05, 4.69) is 27.7 Å². The zero-order chi connectivity index (χ0) is 19.6. The van der Waals surface area contributed by atoms with Crippen LogP contribution in [0.4, 0.5) is 0 Å². The highest BCUT2D eigenvalue weighted by Crippen LogP contribution is 2.78. The summed E-state index contributed by atoms with van der Waals surface area (Å²) in [6.07, 6.45) is 4.08. The Morgan fingerprint density at radius 1 is 1.15 bits per heavy atom. The van der Waals surface area contributed by atoms with Gasteiger partial charge in [0.15, 0.2) is 0 Å². The van der Waals surface area contributed by atoms with Crippen molar-refractivity contribution >= 4 is 5.97 Å². The second kappa shape index (κ2) is 4.86. The molecule has 0 amide bonds. The Hall–Kier alpha value is -0.610. The van der Waals surface area contributed by atoms with Gasteiger partial charge in [0.25, 0.3) is 0 Å². The molecule has 4 heteroatoms. The first-order valence-electron chi connectivity index (χ1n) is 10.9. The lowest BCUT2D eigenvalue weighted by molar-refractivity contribution is -0.238. The number of aliphatic hydroxyl groups is 1. The van der Waals surface area contributed by atoms with Crippen LogP contribution in [-0.2, 0) is 14.3 Å². The van der Waals surface area contributed by atoms with E-state index >= 15 is 0 Å². The van der Waals surface area contributed by atoms with E-state index in [0.29, 0.717) is 12.3 Å². The Labute approximate surface area is 158 Å². The Morgan fingerprint density at radius 2 is 1.88 bits per heavy atom. The van der Waals surface area contributed by atoms with E-state index < -0.39 is 11.5 Å². The van der Waals surface area contributed by atoms with Crippen molar-refractivity contribution in [2.24, 2.45) is 33.5 Å². The van der Waals surface area contributed by atoms with E-state index in [1.54, 1.807) is 0 Å². The van der Waals surface area contributed by atoms with Crippen LogP contribution in [0.25, 0.3) is 0 Å². The van der Waals surface area contributed by atoms with Crippen LogP contribution in [0, 0.1) is 33.5 Å². The number of epoxide rings is 1. The summed E-state index contributed by atoms with van der Waals surface area (Å²) < 4.78 is 20.9. The maximum Gasteiger partial charge on any atom is 0.302 e. The number of carbonyl (C=O) groups excluding carboxylic acids is 1. The smallest absolute Gasteiger partial charge is 0.302 e. The van der Waals surface area contributed by atoms with Crippen LogP contribution in [0.3, 0.4) is 0 Å². The average Bonchev–Trinajstić information content (AvgIpc) is 3.30. The van der Waals surface area contributed by atoms with Crippen molar-refractivity contribution in [3.63, 3.8) is 0 Å². The van der Waals surface area contributed by atoms with Crippen LogP contribution in [0.5, 0.6) is 0 Å². The van der Waals surface area contributed by atoms with E-state index in [-0.39, 0.29) is 46.4 Å². The first-order valence-corrected chi connectivity index (χ1v) is 10.4. The summed E-state index contributed by atoms with van der Waals surface area (Å²) in [4.78, 5) is 11.9. The van der Waals surface area contributed by atoms with Gasteiger partial charge in [0, 0.05) is 23.2 Å². The highest BCUT2D eigenvalue weighted by atomic mass is 16.6. The van der Waals surface area contributed by atoms with Gasteiger partial charge in [0.1, 0.15) is 6.10 Å². The van der Waals surface area contributed by atoms with Crippen molar-refractivity contribution in [1.82, 2.24) is 0 Å². The van der Waals surface area contributed by atoms with E-state index in [0.717, 1.165) is 32.1 Å². The molecule has 0 aromatic heterocycles. The lowest BCUT2D eigenvalue weighted by Gasteiger charge is -2.66. The van der Waals surface area contributed by atoms with Gasteiger partial charge in [-0.25, -0.2) is 0 Å². The third-order valence-corrected chi connectivity index (χ3v) is 9.53. The highest BCUT2D eigenvalue weighted by Gasteiger charge is 2.80. The van der Waals surface area contributed by atoms with Gasteiger partial charge in [-0.3, -0.25) is 4.79 Å². The molecule has 0 radical (unpaired) electrons. The molecule has 146 valence electrons. The van der Waals surface area contributed by atoms with Crippen LogP contribution < -0.4 is 0 Å². The quantitative estimate of drug-likeness (QED) is 0.570. The Balaban J connectivity index is 1.64. The van der Waals surface area contributed by atoms with Gasteiger partial charge in [-0.15, -0.1) is 0 Å². The van der Waals surface area contributed by atoms with Gasteiger partial charge in [-0.2, -0.15) is 0 Å². The minimum Gasteiger partial charge on any atom is -0.462 e. The van der Waals surface area contributed by atoms with Crippen molar-refractivity contribution in [3.8, 4) is 0 Å². The lowest BCUT2D eigenvalue weighted by Crippen LogP contribution is -2.65. The molecule has 5 aliphatic rings. The molecule has 26 heavy (non-hydrogen) atoms. The molecule has 4 saturated carbocycles. The zero-order valence-corrected chi connectivity index (χ0v) is 16.8. The summed E-state index contributed by atoms with van der Waals surface area (Å²) >= 11 is 0. The third kappa shape index (κ3) is 1.86. The second-order valence-electron chi connectivity index (χ2n) is 11.1. The molecule has 2 bridgehead atoms. The SMILES string of the molecule is [2H][C@]1(O)C[C@@H]2[C@]3(CC[C@@H]4C(C)(C)CC[C@H](OC(C)=O)[C@]42C)C[C@@]1(C)[C@H]1O[C@H]13. The molecular formula is C22H34O4. The maximum atomic E-state index is 11.9. The molecule has 0 aromatic carbocycles. The molecule has 9 atom stereocenters. The van der Waals surface area contributed by atoms with E-state index in [1.165, 1.54) is 6.92 Å². The van der Waals surface area contributed by atoms with Crippen LogP contribution in [-0.4, -0.2) is 35.5 Å². The maximum absolute atomic E-state index is 11.9. The molecule has 1 spiro atoms. The highest BCUT2D eigenvalue weighted by molar-refractivity contribution is 5.66. The number of hydrogen-bond acceptors (Lipinski definition) is 4. The van der Waals surface area contributed by atoms with Gasteiger partial charge in [0.2, 0.25) is 0 Å². The molecule has 1 aliphatic heterocycles. The average molecular weight is 364 g/mol. The van der Waals surface area contributed by atoms with Gasteiger partial charge in [-0.05, 0) is 55.8 Å². The Morgan fingerprint density at radius 3 is 2.58 bits per heavy atom. The predicted octanol–water partition coefficient (Wildman–Crippen LogP) is 3.70. The van der Waals surface area contributed by atoms with Crippen LogP contribution in [0.15, 0.2) is 0 Å². The molecule has 1 heterocycles. The van der Waals surface area contributed by atoms with Crippen LogP contribution in [0.2, 0.25) is 0 Å². The van der Waals surface area contributed by atoms with Crippen molar-refractivity contribution in [1.29, 1.82) is 0 Å². The monoisotopic (exact) mass is 363 g/mol. The molecular weight excluding hydrogens is 328 g/mol. The second-order valence-corrected chi connectivity index (χ2v) is 11.1. The lowest BCUT2D eigenvalue weighted by atomic mass is 9.39. The summed E-state index contributed by atoms with van der Waals surface area (Å²) in [5.41, 5.74) is -0.485. The largest absolute Gasteiger partial charge is 0.462 e. The van der Waals surface area contributed by atoms with Gasteiger partial charge in [0.05, 0.1) is 19.7 Å². The third-order valence-electron chi connectivity index (χ3n) is 9.53. The molecule has 1 saturated heterocycles. The summed E-state index contributed by atoms with van der Waals surface area (Å²) in [6, 6.07) is 0. The standard InChI is InChI=1S/C22H34O4/c1-12(23)25-16-7-8-19(2,3)13-6-9-22-11-20(4,17-18(22)26-17)15(24)10-14(22)21(13,16)5/h13-18,24H,6-11H2,1-5H3/t13-,14+,15+,16+,17+,18-,20-,21-,22+/m1/s1/i15D. The Kier molecular flexibility index (Phi) is 3.06. The number of esters is 1. The Bertz CT molecular complexity index is 704. The van der Waals surface area contributed by atoms with Crippen LogP contribution >= 0.6 is 0 Å². The first kappa shape index (κ1) is 16.4. The van der Waals surface area contributed by atoms with E-state index in [1.807, 2.05) is 0 Å². The van der Waals surface area contributed by atoms with E-state index in [9.17, 15) is 9.90 Å². The minimum atomic E-state index is -1.48. The molecule has 0 aromatic rings. The number of rotatable bonds is 1. The summed E-state index contributed by atoms with van der Waals surface area (Å²) in [5, 5.41) is 11.2. The fourth-order valence-electron chi connectivity index (χ4n) is 8.40. The number of carbonyl (C=O) groups is 1.